The Morgan fingerprint density at radius 1 is 1.39 bits per heavy atom. The first kappa shape index (κ1) is 17.7. The van der Waals surface area contributed by atoms with Gasteiger partial charge >= 0.3 is 5.97 Å². The van der Waals surface area contributed by atoms with E-state index in [1.807, 2.05) is 30.3 Å². The number of hydrogen-bond donors (Lipinski definition) is 1. The van der Waals surface area contributed by atoms with Gasteiger partial charge in [0.1, 0.15) is 10.3 Å². The molecule has 0 radical (unpaired) electrons. The maximum atomic E-state index is 12.0. The summed E-state index contributed by atoms with van der Waals surface area (Å²) < 4.78 is 12.9. The molecule has 0 spiro atoms. The standard InChI is InChI=1S/C16H20BrN3O3/c1-2-23-16(21)14-8-15(17)19-20(14)13(9-18)11-22-10-12-6-4-3-5-7-12/h3-8,13H,2,9-11,18H2,1H3. The molecule has 1 heterocycles. The second kappa shape index (κ2) is 8.81. The van der Waals surface area contributed by atoms with Crippen LogP contribution < -0.4 is 5.73 Å². The number of benzene rings is 1. The molecule has 6 nitrogen and oxygen atoms in total. The number of ether oxygens (including phenoxy) is 2. The van der Waals surface area contributed by atoms with Crippen LogP contribution in [0.3, 0.4) is 0 Å². The second-order valence-corrected chi connectivity index (χ2v) is 5.72. The molecule has 2 aromatic rings. The zero-order chi connectivity index (χ0) is 16.7. The summed E-state index contributed by atoms with van der Waals surface area (Å²) in [4.78, 5) is 12.0. The molecule has 7 heteroatoms. The van der Waals surface area contributed by atoms with Gasteiger partial charge in [0, 0.05) is 12.6 Å². The van der Waals surface area contributed by atoms with Gasteiger partial charge in [-0.2, -0.15) is 5.10 Å². The van der Waals surface area contributed by atoms with Crippen molar-refractivity contribution in [1.29, 1.82) is 0 Å². The average Bonchev–Trinajstić information content (AvgIpc) is 2.94. The Balaban J connectivity index is 2.04. The van der Waals surface area contributed by atoms with Crippen LogP contribution in [0.15, 0.2) is 41.0 Å². The summed E-state index contributed by atoms with van der Waals surface area (Å²) in [5.41, 5.74) is 7.27. The summed E-state index contributed by atoms with van der Waals surface area (Å²) in [6.45, 7) is 3.20. The quantitative estimate of drug-likeness (QED) is 0.710. The highest BCUT2D eigenvalue weighted by molar-refractivity contribution is 9.10. The van der Waals surface area contributed by atoms with Gasteiger partial charge in [0.25, 0.3) is 0 Å². The fourth-order valence-electron chi connectivity index (χ4n) is 2.13. The van der Waals surface area contributed by atoms with Crippen molar-refractivity contribution in [2.75, 3.05) is 19.8 Å². The number of carbonyl (C=O) groups excluding carboxylic acids is 1. The van der Waals surface area contributed by atoms with Gasteiger partial charge in [-0.15, -0.1) is 0 Å². The Bertz CT molecular complexity index is 631. The third-order valence-electron chi connectivity index (χ3n) is 3.23. The molecule has 2 rings (SSSR count). The normalized spacial score (nSPS) is 12.1. The van der Waals surface area contributed by atoms with Crippen molar-refractivity contribution in [3.63, 3.8) is 0 Å². The van der Waals surface area contributed by atoms with Crippen molar-refractivity contribution in [3.05, 3.63) is 52.3 Å². The van der Waals surface area contributed by atoms with E-state index in [0.29, 0.717) is 36.7 Å². The molecular weight excluding hydrogens is 362 g/mol. The minimum atomic E-state index is -0.424. The lowest BCUT2D eigenvalue weighted by molar-refractivity contribution is 0.0493. The topological polar surface area (TPSA) is 79.4 Å². The third kappa shape index (κ3) is 4.89. The molecule has 1 aromatic heterocycles. The minimum absolute atomic E-state index is 0.246. The van der Waals surface area contributed by atoms with Crippen molar-refractivity contribution in [2.45, 2.75) is 19.6 Å². The van der Waals surface area contributed by atoms with E-state index < -0.39 is 5.97 Å². The van der Waals surface area contributed by atoms with E-state index in [4.69, 9.17) is 15.2 Å². The van der Waals surface area contributed by atoms with Gasteiger partial charge in [0.05, 0.1) is 25.9 Å². The first-order valence-corrected chi connectivity index (χ1v) is 8.19. The summed E-state index contributed by atoms with van der Waals surface area (Å²) in [5.74, 6) is -0.424. The smallest absolute Gasteiger partial charge is 0.356 e. The lowest BCUT2D eigenvalue weighted by atomic mass is 10.2. The molecule has 0 aliphatic rings. The Morgan fingerprint density at radius 2 is 2.13 bits per heavy atom. The van der Waals surface area contributed by atoms with Crippen LogP contribution in [0.5, 0.6) is 0 Å². The van der Waals surface area contributed by atoms with E-state index >= 15 is 0 Å². The molecule has 1 unspecified atom stereocenters. The zero-order valence-corrected chi connectivity index (χ0v) is 14.5. The number of carbonyl (C=O) groups is 1. The predicted octanol–water partition coefficient (Wildman–Crippen LogP) is 2.54. The van der Waals surface area contributed by atoms with Crippen LogP contribution >= 0.6 is 15.9 Å². The van der Waals surface area contributed by atoms with Crippen LogP contribution in [0.2, 0.25) is 0 Å². The second-order valence-electron chi connectivity index (χ2n) is 4.91. The van der Waals surface area contributed by atoms with E-state index in [1.54, 1.807) is 17.7 Å². The monoisotopic (exact) mass is 381 g/mol. The van der Waals surface area contributed by atoms with Gasteiger partial charge in [0.15, 0.2) is 0 Å². The third-order valence-corrected chi connectivity index (χ3v) is 3.62. The Kier molecular flexibility index (Phi) is 6.76. The van der Waals surface area contributed by atoms with E-state index in [9.17, 15) is 4.79 Å². The largest absolute Gasteiger partial charge is 0.461 e. The Labute approximate surface area is 143 Å². The minimum Gasteiger partial charge on any atom is -0.461 e. The van der Waals surface area contributed by atoms with Gasteiger partial charge in [-0.05, 0) is 28.4 Å². The average molecular weight is 382 g/mol. The fourth-order valence-corrected chi connectivity index (χ4v) is 2.51. The summed E-state index contributed by atoms with van der Waals surface area (Å²) in [6.07, 6.45) is 0. The van der Waals surface area contributed by atoms with Crippen molar-refractivity contribution in [1.82, 2.24) is 9.78 Å². The molecule has 124 valence electrons. The number of nitrogens with two attached hydrogens (primary N) is 1. The van der Waals surface area contributed by atoms with Crippen LogP contribution in [0, 0.1) is 0 Å². The molecule has 0 fully saturated rings. The molecule has 0 aliphatic carbocycles. The van der Waals surface area contributed by atoms with Crippen LogP contribution in [0.4, 0.5) is 0 Å². The molecule has 0 bridgehead atoms. The number of hydrogen-bond acceptors (Lipinski definition) is 5. The Hall–Kier alpha value is -1.70. The SMILES string of the molecule is CCOC(=O)c1cc(Br)nn1C(CN)COCc1ccccc1. The molecule has 0 saturated heterocycles. The highest BCUT2D eigenvalue weighted by atomic mass is 79.9. The number of aromatic nitrogens is 2. The van der Waals surface area contributed by atoms with Gasteiger partial charge in [0.2, 0.25) is 0 Å². The summed E-state index contributed by atoms with van der Waals surface area (Å²) in [7, 11) is 0. The number of halogens is 1. The fraction of sp³-hybridized carbons (Fsp3) is 0.375. The predicted molar refractivity (Wildman–Crippen MR) is 90.1 cm³/mol. The highest BCUT2D eigenvalue weighted by Gasteiger charge is 2.21. The van der Waals surface area contributed by atoms with E-state index in [1.165, 1.54) is 0 Å². The van der Waals surface area contributed by atoms with Crippen molar-refractivity contribution in [2.24, 2.45) is 5.73 Å². The molecule has 0 saturated carbocycles. The Morgan fingerprint density at radius 3 is 2.78 bits per heavy atom. The summed E-state index contributed by atoms with van der Waals surface area (Å²) >= 11 is 3.28. The molecule has 1 atom stereocenters. The van der Waals surface area contributed by atoms with Gasteiger partial charge in [-0.3, -0.25) is 4.68 Å². The molecule has 23 heavy (non-hydrogen) atoms. The first-order chi connectivity index (χ1) is 11.2. The van der Waals surface area contributed by atoms with Crippen LogP contribution in [-0.4, -0.2) is 35.5 Å². The van der Waals surface area contributed by atoms with Crippen molar-refractivity contribution < 1.29 is 14.3 Å². The number of rotatable bonds is 8. The molecule has 0 aliphatic heterocycles. The lowest BCUT2D eigenvalue weighted by Gasteiger charge is -2.18. The van der Waals surface area contributed by atoms with E-state index in [-0.39, 0.29) is 6.04 Å². The summed E-state index contributed by atoms with van der Waals surface area (Å²) in [5, 5.41) is 4.28. The van der Waals surface area contributed by atoms with Crippen LogP contribution in [0.25, 0.3) is 0 Å². The van der Waals surface area contributed by atoms with Crippen LogP contribution in [0.1, 0.15) is 29.0 Å². The lowest BCUT2D eigenvalue weighted by Crippen LogP contribution is -2.28. The number of esters is 1. The first-order valence-electron chi connectivity index (χ1n) is 7.39. The van der Waals surface area contributed by atoms with Gasteiger partial charge in [-0.1, -0.05) is 30.3 Å². The van der Waals surface area contributed by atoms with Crippen molar-refractivity contribution in [3.8, 4) is 0 Å². The number of nitrogens with zero attached hydrogens (tertiary/aromatic N) is 2. The maximum Gasteiger partial charge on any atom is 0.356 e. The van der Waals surface area contributed by atoms with Gasteiger partial charge < -0.3 is 15.2 Å². The zero-order valence-electron chi connectivity index (χ0n) is 12.9. The van der Waals surface area contributed by atoms with E-state index in [2.05, 4.69) is 21.0 Å². The van der Waals surface area contributed by atoms with Crippen LogP contribution in [-0.2, 0) is 16.1 Å². The molecule has 2 N–H and O–H groups in total. The molecule has 1 aromatic carbocycles. The van der Waals surface area contributed by atoms with Gasteiger partial charge in [-0.25, -0.2) is 4.79 Å². The molecule has 0 amide bonds. The maximum absolute atomic E-state index is 12.0. The van der Waals surface area contributed by atoms with E-state index in [0.717, 1.165) is 5.56 Å². The molecular formula is C16H20BrN3O3. The summed E-state index contributed by atoms with van der Waals surface area (Å²) in [6, 6.07) is 11.2. The van der Waals surface area contributed by atoms with Crippen molar-refractivity contribution >= 4 is 21.9 Å². The highest BCUT2D eigenvalue weighted by Crippen LogP contribution is 2.17.